The van der Waals surface area contributed by atoms with Crippen molar-refractivity contribution in [3.05, 3.63) is 0 Å². The van der Waals surface area contributed by atoms with E-state index in [0.29, 0.717) is 0 Å². The van der Waals surface area contributed by atoms with Crippen molar-refractivity contribution >= 4 is 35.5 Å². The molecule has 10 saturated heterocycles. The third kappa shape index (κ3) is 24.1. The van der Waals surface area contributed by atoms with Crippen LogP contribution >= 0.6 is 0 Å². The van der Waals surface area contributed by atoms with E-state index < -0.39 is 420 Å². The van der Waals surface area contributed by atoms with Crippen molar-refractivity contribution in [1.82, 2.24) is 26.6 Å². The molecule has 5 amide bonds. The standard InChI is InChI=1S/C73H121N5O54/c1-17(87)74-33-22(92)6-73(72(112)113,132-59(33)38(94)23(93)7-79)115-16-32-42(98)49(105)53(109)68(124-32)127-57-29(13-85)121-65(36(46(57)102)77-20(4)90)130-61-50(106)40(96)25(9-81)118-70(61)114-15-31-43(99)60(54(110)69(123-31)128-58-30(14-86)120-64(35(45(58)101)76-19(3)89)125-55-27(11-83)116-63(111)34(44(55)100)75-18(2)88)129-71-62(51(107)41(97)26(10-82)119-71)131-66-37(78-21(5)91)47(103)56(28(12-84)122-66)126-67-52(108)48(104)39(95)24(8-80)117-67/h22-71,79-86,92-111H,6-16H2,1-5H3,(H,74,87)(H,75,88)(H,76,89)(H,77,90)(H,78,91)(H,112,113). The lowest BCUT2D eigenvalue weighted by atomic mass is 9.88. The average molecular weight is 1930 g/mol. The first-order chi connectivity index (χ1) is 62.3. The van der Waals surface area contributed by atoms with Gasteiger partial charge >= 0.3 is 5.97 Å². The highest BCUT2D eigenvalue weighted by Gasteiger charge is 2.63. The second kappa shape index (κ2) is 47.3. The first kappa shape index (κ1) is 109. The molecule has 0 aliphatic carbocycles. The predicted molar refractivity (Wildman–Crippen MR) is 405 cm³/mol. The number of hydrogen-bond donors (Lipinski definition) is 34. The van der Waals surface area contributed by atoms with Gasteiger partial charge < -0.3 is 265 Å². The van der Waals surface area contributed by atoms with Crippen molar-refractivity contribution in [2.24, 2.45) is 0 Å². The summed E-state index contributed by atoms with van der Waals surface area (Å²) in [6, 6.07) is -9.42. The number of carbonyl (C=O) groups is 6. The van der Waals surface area contributed by atoms with Gasteiger partial charge in [0.1, 0.15) is 238 Å². The van der Waals surface area contributed by atoms with Crippen molar-refractivity contribution in [2.45, 2.75) is 353 Å². The van der Waals surface area contributed by atoms with E-state index in [9.17, 15) is 177 Å². The lowest BCUT2D eigenvalue weighted by Gasteiger charge is -2.51. The summed E-state index contributed by atoms with van der Waals surface area (Å²) in [6.45, 7) is -7.14. The van der Waals surface area contributed by atoms with Gasteiger partial charge in [-0.1, -0.05) is 0 Å². The molecule has 0 saturated carbocycles. The van der Waals surface area contributed by atoms with E-state index in [1.54, 1.807) is 0 Å². The fourth-order valence-electron chi connectivity index (χ4n) is 16.9. The van der Waals surface area contributed by atoms with E-state index in [0.717, 1.165) is 34.6 Å². The fraction of sp³-hybridized carbons (Fsp3) is 0.918. The Kier molecular flexibility index (Phi) is 39.0. The van der Waals surface area contributed by atoms with E-state index >= 15 is 0 Å². The van der Waals surface area contributed by atoms with Crippen LogP contribution in [-0.4, -0.2) is 562 Å². The molecule has 0 bridgehead atoms. The smallest absolute Gasteiger partial charge is 0.364 e. The quantitative estimate of drug-likeness (QED) is 0.0277. The van der Waals surface area contributed by atoms with Gasteiger partial charge in [-0.3, -0.25) is 24.0 Å². The molecule has 0 aromatic carbocycles. The van der Waals surface area contributed by atoms with Gasteiger partial charge in [0.2, 0.25) is 29.5 Å². The summed E-state index contributed by atoms with van der Waals surface area (Å²) >= 11 is 0. The third-order valence-corrected chi connectivity index (χ3v) is 23.8. The molecule has 0 aromatic rings. The maximum Gasteiger partial charge on any atom is 0.364 e. The normalized spacial score (nSPS) is 47.2. The Balaban J connectivity index is 0.953. The van der Waals surface area contributed by atoms with Crippen LogP contribution in [0.25, 0.3) is 0 Å². The van der Waals surface area contributed by atoms with Crippen LogP contribution < -0.4 is 26.6 Å². The number of aliphatic hydroxyl groups excluding tert-OH is 28. The van der Waals surface area contributed by atoms with Crippen LogP contribution in [0.5, 0.6) is 0 Å². The van der Waals surface area contributed by atoms with Crippen molar-refractivity contribution in [2.75, 3.05) is 66.1 Å². The molecule has 10 fully saturated rings. The number of nitrogens with one attached hydrogen (secondary N) is 5. The number of carboxylic acids is 1. The van der Waals surface area contributed by atoms with Crippen molar-refractivity contribution in [3.8, 4) is 0 Å². The highest BCUT2D eigenvalue weighted by Crippen LogP contribution is 2.42. The molecule has 10 aliphatic rings. The molecule has 132 heavy (non-hydrogen) atoms. The zero-order valence-corrected chi connectivity index (χ0v) is 70.8. The SMILES string of the molecule is CC(=O)NC1C(O)OC(CO)C(OC2OC(CO)C(OC3OC(COC4OC(CO)C(O)C(O)C4OC4OC(CO)C(OC5OC(COC6(C(=O)O)CC(O)C(NC(C)=O)C(C(O)C(O)CO)O6)C(O)C(O)C5O)C(O)C4NC(C)=O)C(O)C(OC4OC(CO)C(O)C(O)C4OC4OC(CO)C(OC5OC(CO)C(O)C(O)C5O)C(O)C4NC(C)=O)C3O)C(O)C2NC(C)=O)C1O. The number of carbonyl (C=O) groups excluding carboxylic acids is 5. The minimum Gasteiger partial charge on any atom is -0.477 e. The molecule has 0 spiro atoms. The largest absolute Gasteiger partial charge is 0.477 e. The summed E-state index contributed by atoms with van der Waals surface area (Å²) in [4.78, 5) is 76.7. The molecule has 10 rings (SSSR count). The fourth-order valence-corrected chi connectivity index (χ4v) is 16.9. The predicted octanol–water partition coefficient (Wildman–Crippen LogP) is -22.9. The van der Waals surface area contributed by atoms with E-state index in [1.807, 2.05) is 0 Å². The first-order valence-electron chi connectivity index (χ1n) is 41.8. The van der Waals surface area contributed by atoms with Crippen molar-refractivity contribution < 1.29 is 267 Å². The molecule has 0 aromatic heterocycles. The van der Waals surface area contributed by atoms with Gasteiger partial charge in [0, 0.05) is 41.0 Å². The minimum atomic E-state index is -3.10. The van der Waals surface area contributed by atoms with Crippen molar-refractivity contribution in [1.29, 1.82) is 0 Å². The van der Waals surface area contributed by atoms with Gasteiger partial charge in [0.25, 0.3) is 5.79 Å². The van der Waals surface area contributed by atoms with Crippen molar-refractivity contribution in [3.63, 3.8) is 0 Å². The van der Waals surface area contributed by atoms with E-state index in [1.165, 1.54) is 0 Å². The second-order valence-electron chi connectivity index (χ2n) is 33.2. The van der Waals surface area contributed by atoms with Crippen LogP contribution in [0.1, 0.15) is 41.0 Å². The van der Waals surface area contributed by atoms with Gasteiger partial charge in [-0.05, 0) is 0 Å². The molecule has 34 N–H and O–H groups in total. The Bertz CT molecular complexity index is 3680. The van der Waals surface area contributed by atoms with Crippen LogP contribution in [0.3, 0.4) is 0 Å². The second-order valence-corrected chi connectivity index (χ2v) is 33.2. The molecule has 0 radical (unpaired) electrons. The van der Waals surface area contributed by atoms with Gasteiger partial charge in [-0.25, -0.2) is 4.79 Å². The van der Waals surface area contributed by atoms with Crippen LogP contribution in [0, 0.1) is 0 Å². The monoisotopic (exact) mass is 1930 g/mol. The number of carboxylic acid groups (broad SMARTS) is 1. The number of aliphatic carboxylic acids is 1. The highest BCUT2D eigenvalue weighted by molar-refractivity contribution is 5.77. The Labute approximate surface area is 746 Å². The van der Waals surface area contributed by atoms with E-state index in [2.05, 4.69) is 26.6 Å². The molecule has 10 heterocycles. The summed E-state index contributed by atoms with van der Waals surface area (Å²) in [5.41, 5.74) is 0. The molecule has 59 nitrogen and oxygen atoms in total. The van der Waals surface area contributed by atoms with Gasteiger partial charge in [0.05, 0.1) is 78.2 Å². The Morgan fingerprint density at radius 3 is 1.01 bits per heavy atom. The molecule has 10 aliphatic heterocycles. The highest BCUT2D eigenvalue weighted by atomic mass is 16.8. The van der Waals surface area contributed by atoms with Crippen LogP contribution in [-0.2, 0) is 119 Å². The lowest BCUT2D eigenvalue weighted by molar-refractivity contribution is -0.399. The third-order valence-electron chi connectivity index (χ3n) is 23.8. The summed E-state index contributed by atoms with van der Waals surface area (Å²) in [7, 11) is 0. The average Bonchev–Trinajstić information content (AvgIpc) is 0.769. The van der Waals surface area contributed by atoms with Crippen LogP contribution in [0.2, 0.25) is 0 Å². The zero-order valence-electron chi connectivity index (χ0n) is 70.8. The maximum atomic E-state index is 13.2. The number of ether oxygens (including phenoxy) is 19. The maximum absolute atomic E-state index is 13.2. The Morgan fingerprint density at radius 2 is 0.614 bits per heavy atom. The Morgan fingerprint density at radius 1 is 0.311 bits per heavy atom. The summed E-state index contributed by atoms with van der Waals surface area (Å²) in [5, 5.41) is 336. The minimum absolute atomic E-state index is 0.814. The molecular formula is C73H121N5O54. The summed E-state index contributed by atoms with van der Waals surface area (Å²) in [5.74, 6) is -9.82. The van der Waals surface area contributed by atoms with Crippen LogP contribution in [0.4, 0.5) is 0 Å². The lowest BCUT2D eigenvalue weighted by Crippen LogP contribution is -2.71. The summed E-state index contributed by atoms with van der Waals surface area (Å²) < 4.78 is 113. The molecule has 762 valence electrons. The first-order valence-corrected chi connectivity index (χ1v) is 41.8. The molecule has 51 atom stereocenters. The number of amides is 5. The zero-order chi connectivity index (χ0) is 97.6. The van der Waals surface area contributed by atoms with E-state index in [-0.39, 0.29) is 0 Å². The van der Waals surface area contributed by atoms with Gasteiger partial charge in [-0.2, -0.15) is 0 Å². The number of aliphatic hydroxyl groups is 28. The van der Waals surface area contributed by atoms with E-state index in [4.69, 9.17) is 90.0 Å². The van der Waals surface area contributed by atoms with Gasteiger partial charge in [0.15, 0.2) is 56.6 Å². The number of rotatable bonds is 36. The summed E-state index contributed by atoms with van der Waals surface area (Å²) in [6.07, 6.45) is -99.2. The van der Waals surface area contributed by atoms with Crippen LogP contribution in [0.15, 0.2) is 0 Å². The Hall–Kier alpha value is -5.06. The molecule has 59 heteroatoms. The van der Waals surface area contributed by atoms with Gasteiger partial charge in [-0.15, -0.1) is 0 Å². The molecule has 51 unspecified atom stereocenters. The number of hydrogen-bond acceptors (Lipinski definition) is 53. The molecular weight excluding hydrogens is 1810 g/mol. The topological polar surface area (TPSA) is 925 Å².